The van der Waals surface area contributed by atoms with Gasteiger partial charge >= 0.3 is 0 Å². The summed E-state index contributed by atoms with van der Waals surface area (Å²) >= 11 is 0. The molecule has 2 aliphatic rings. The molecule has 4 unspecified atom stereocenters. The van der Waals surface area contributed by atoms with Crippen molar-refractivity contribution in [3.05, 3.63) is 35.9 Å². The van der Waals surface area contributed by atoms with Gasteiger partial charge in [0.2, 0.25) is 0 Å². The zero-order chi connectivity index (χ0) is 13.2. The molecule has 3 nitrogen and oxygen atoms in total. The minimum absolute atomic E-state index is 0.635. The molecule has 0 amide bonds. The van der Waals surface area contributed by atoms with Crippen molar-refractivity contribution in [3.8, 4) is 0 Å². The Morgan fingerprint density at radius 2 is 2.00 bits per heavy atom. The largest absolute Gasteiger partial charge is 0.356 e. The third-order valence-corrected chi connectivity index (χ3v) is 4.34. The molecular formula is C16H23N3. The number of benzene rings is 1. The predicted molar refractivity (Wildman–Crippen MR) is 79.4 cm³/mol. The maximum Gasteiger partial charge on any atom is 0.191 e. The van der Waals surface area contributed by atoms with Gasteiger partial charge in [-0.2, -0.15) is 0 Å². The van der Waals surface area contributed by atoms with Crippen LogP contribution in [0.2, 0.25) is 0 Å². The lowest BCUT2D eigenvalue weighted by Crippen LogP contribution is -2.40. The number of rotatable bonds is 4. The minimum Gasteiger partial charge on any atom is -0.356 e. The van der Waals surface area contributed by atoms with Crippen molar-refractivity contribution in [1.82, 2.24) is 10.6 Å². The lowest BCUT2D eigenvalue weighted by atomic mass is 10.1. The van der Waals surface area contributed by atoms with E-state index in [1.807, 2.05) is 7.05 Å². The fourth-order valence-electron chi connectivity index (χ4n) is 2.70. The summed E-state index contributed by atoms with van der Waals surface area (Å²) < 4.78 is 0. The van der Waals surface area contributed by atoms with Crippen LogP contribution < -0.4 is 10.6 Å². The predicted octanol–water partition coefficient (Wildman–Crippen LogP) is 2.36. The Morgan fingerprint density at radius 1 is 1.26 bits per heavy atom. The van der Waals surface area contributed by atoms with Gasteiger partial charge < -0.3 is 10.6 Å². The molecule has 102 valence electrons. The fraction of sp³-hybridized carbons (Fsp3) is 0.562. The molecule has 2 fully saturated rings. The van der Waals surface area contributed by atoms with Gasteiger partial charge in [0.1, 0.15) is 0 Å². The topological polar surface area (TPSA) is 36.4 Å². The molecule has 3 heteroatoms. The second-order valence-electron chi connectivity index (χ2n) is 5.93. The second-order valence-corrected chi connectivity index (χ2v) is 5.93. The van der Waals surface area contributed by atoms with Crippen molar-refractivity contribution in [1.29, 1.82) is 0 Å². The van der Waals surface area contributed by atoms with E-state index in [1.54, 1.807) is 0 Å². The maximum atomic E-state index is 4.29. The molecule has 0 aliphatic heterocycles. The van der Waals surface area contributed by atoms with Crippen LogP contribution in [-0.2, 0) is 0 Å². The number of hydrogen-bond acceptors (Lipinski definition) is 1. The average Bonchev–Trinajstić information content (AvgIpc) is 3.34. The SMILES string of the molecule is CN=C(NCC1CC1c1ccccc1)NC1CC1C. The van der Waals surface area contributed by atoms with Crippen molar-refractivity contribution >= 4 is 5.96 Å². The van der Waals surface area contributed by atoms with Crippen LogP contribution in [-0.4, -0.2) is 25.6 Å². The van der Waals surface area contributed by atoms with E-state index in [0.717, 1.165) is 30.3 Å². The summed E-state index contributed by atoms with van der Waals surface area (Å²) in [6.45, 7) is 3.30. The minimum atomic E-state index is 0.635. The number of nitrogens with one attached hydrogen (secondary N) is 2. The van der Waals surface area contributed by atoms with Crippen LogP contribution in [0.3, 0.4) is 0 Å². The average molecular weight is 257 g/mol. The molecule has 4 atom stereocenters. The standard InChI is InChI=1S/C16H23N3/c1-11-8-15(11)19-16(17-2)18-10-13-9-14(13)12-6-4-3-5-7-12/h3-7,11,13-15H,8-10H2,1-2H3,(H2,17,18,19). The molecule has 1 aromatic carbocycles. The highest BCUT2D eigenvalue weighted by atomic mass is 15.2. The van der Waals surface area contributed by atoms with E-state index in [2.05, 4.69) is 52.9 Å². The monoisotopic (exact) mass is 257 g/mol. The molecule has 0 aromatic heterocycles. The highest BCUT2D eigenvalue weighted by molar-refractivity contribution is 5.80. The van der Waals surface area contributed by atoms with Gasteiger partial charge in [0.05, 0.1) is 0 Å². The molecule has 2 aliphatic carbocycles. The van der Waals surface area contributed by atoms with E-state index >= 15 is 0 Å². The highest BCUT2D eigenvalue weighted by Crippen LogP contribution is 2.46. The summed E-state index contributed by atoms with van der Waals surface area (Å²) in [6.07, 6.45) is 2.57. The Balaban J connectivity index is 1.43. The molecule has 3 rings (SSSR count). The van der Waals surface area contributed by atoms with Crippen LogP contribution >= 0.6 is 0 Å². The van der Waals surface area contributed by atoms with Crippen molar-refractivity contribution in [3.63, 3.8) is 0 Å². The molecule has 0 radical (unpaired) electrons. The fourth-order valence-corrected chi connectivity index (χ4v) is 2.70. The van der Waals surface area contributed by atoms with E-state index in [-0.39, 0.29) is 0 Å². The lowest BCUT2D eigenvalue weighted by Gasteiger charge is -2.11. The first-order chi connectivity index (χ1) is 9.28. The van der Waals surface area contributed by atoms with Crippen LogP contribution in [0.4, 0.5) is 0 Å². The van der Waals surface area contributed by atoms with Crippen molar-refractivity contribution < 1.29 is 0 Å². The smallest absolute Gasteiger partial charge is 0.191 e. The summed E-state index contributed by atoms with van der Waals surface area (Å²) in [4.78, 5) is 4.29. The second kappa shape index (κ2) is 5.24. The summed E-state index contributed by atoms with van der Waals surface area (Å²) in [7, 11) is 1.85. The zero-order valence-corrected chi connectivity index (χ0v) is 11.8. The van der Waals surface area contributed by atoms with Crippen molar-refractivity contribution in [2.24, 2.45) is 16.8 Å². The maximum absolute atomic E-state index is 4.29. The number of hydrogen-bond donors (Lipinski definition) is 2. The van der Waals surface area contributed by atoms with Gasteiger partial charge in [-0.1, -0.05) is 37.3 Å². The highest BCUT2D eigenvalue weighted by Gasteiger charge is 2.38. The van der Waals surface area contributed by atoms with E-state index < -0.39 is 0 Å². The molecule has 1 aromatic rings. The van der Waals surface area contributed by atoms with Gasteiger partial charge in [0, 0.05) is 19.6 Å². The lowest BCUT2D eigenvalue weighted by molar-refractivity contribution is 0.708. The summed E-state index contributed by atoms with van der Waals surface area (Å²) in [5.74, 6) is 3.27. The Morgan fingerprint density at radius 3 is 2.63 bits per heavy atom. The molecule has 2 N–H and O–H groups in total. The first-order valence-electron chi connectivity index (χ1n) is 7.30. The quantitative estimate of drug-likeness (QED) is 0.642. The first-order valence-corrected chi connectivity index (χ1v) is 7.30. The van der Waals surface area contributed by atoms with E-state index in [4.69, 9.17) is 0 Å². The van der Waals surface area contributed by atoms with Crippen LogP contribution in [0.15, 0.2) is 35.3 Å². The van der Waals surface area contributed by atoms with Crippen molar-refractivity contribution in [2.75, 3.05) is 13.6 Å². The third kappa shape index (κ3) is 3.09. The molecule has 0 saturated heterocycles. The van der Waals surface area contributed by atoms with Crippen LogP contribution in [0.1, 0.15) is 31.2 Å². The number of guanidine groups is 1. The Hall–Kier alpha value is -1.51. The van der Waals surface area contributed by atoms with E-state index in [0.29, 0.717) is 6.04 Å². The number of nitrogens with zero attached hydrogens (tertiary/aromatic N) is 1. The van der Waals surface area contributed by atoms with Crippen molar-refractivity contribution in [2.45, 2.75) is 31.7 Å². The van der Waals surface area contributed by atoms with Gasteiger partial charge in [-0.05, 0) is 36.2 Å². The third-order valence-electron chi connectivity index (χ3n) is 4.34. The van der Waals surface area contributed by atoms with Crippen LogP contribution in [0, 0.1) is 11.8 Å². The first kappa shape index (κ1) is 12.5. The number of aliphatic imine (C=N–C) groups is 1. The van der Waals surface area contributed by atoms with Crippen LogP contribution in [0.25, 0.3) is 0 Å². The molecular weight excluding hydrogens is 234 g/mol. The zero-order valence-electron chi connectivity index (χ0n) is 11.8. The Kier molecular flexibility index (Phi) is 3.45. The van der Waals surface area contributed by atoms with Gasteiger partial charge in [-0.3, -0.25) is 4.99 Å². The van der Waals surface area contributed by atoms with Gasteiger partial charge in [-0.25, -0.2) is 0 Å². The molecule has 0 heterocycles. The Bertz CT molecular complexity index is 454. The molecule has 19 heavy (non-hydrogen) atoms. The summed E-state index contributed by atoms with van der Waals surface area (Å²) in [5.41, 5.74) is 1.48. The van der Waals surface area contributed by atoms with Crippen LogP contribution in [0.5, 0.6) is 0 Å². The molecule has 2 saturated carbocycles. The molecule has 0 bridgehead atoms. The summed E-state index contributed by atoms with van der Waals surface area (Å²) in [5, 5.41) is 6.93. The van der Waals surface area contributed by atoms with E-state index in [1.165, 1.54) is 18.4 Å². The van der Waals surface area contributed by atoms with Gasteiger partial charge in [0.25, 0.3) is 0 Å². The normalized spacial score (nSPS) is 32.8. The van der Waals surface area contributed by atoms with Gasteiger partial charge in [0.15, 0.2) is 5.96 Å². The van der Waals surface area contributed by atoms with Gasteiger partial charge in [-0.15, -0.1) is 0 Å². The summed E-state index contributed by atoms with van der Waals surface area (Å²) in [6, 6.07) is 11.5. The Labute approximate surface area is 115 Å². The van der Waals surface area contributed by atoms with E-state index in [9.17, 15) is 0 Å². The molecule has 0 spiro atoms.